The van der Waals surface area contributed by atoms with Crippen LogP contribution in [-0.2, 0) is 4.74 Å². The molecule has 16 heavy (non-hydrogen) atoms. The van der Waals surface area contributed by atoms with E-state index < -0.39 is 0 Å². The number of rotatable bonds is 8. The lowest BCUT2D eigenvalue weighted by Crippen LogP contribution is -2.35. The van der Waals surface area contributed by atoms with E-state index in [-0.39, 0.29) is 0 Å². The molecule has 0 unspecified atom stereocenters. The van der Waals surface area contributed by atoms with Gasteiger partial charge in [0.2, 0.25) is 0 Å². The average molecular weight is 228 g/mol. The Morgan fingerprint density at radius 1 is 1.25 bits per heavy atom. The molecule has 0 saturated carbocycles. The Labute approximate surface area is 101 Å². The summed E-state index contributed by atoms with van der Waals surface area (Å²) in [4.78, 5) is 2.58. The minimum Gasteiger partial charge on any atom is -0.380 e. The predicted octanol–water partition coefficient (Wildman–Crippen LogP) is 1.73. The third kappa shape index (κ3) is 5.83. The quantitative estimate of drug-likeness (QED) is 0.640. The minimum absolute atomic E-state index is 0.801. The fraction of sp³-hybridized carbons (Fsp3) is 1.00. The summed E-state index contributed by atoms with van der Waals surface area (Å²) in [5, 5.41) is 3.28. The Balaban J connectivity index is 1.95. The summed E-state index contributed by atoms with van der Waals surface area (Å²) in [6.45, 7) is 12.1. The highest BCUT2D eigenvalue weighted by atomic mass is 16.5. The van der Waals surface area contributed by atoms with E-state index in [0.717, 1.165) is 32.2 Å². The maximum absolute atomic E-state index is 5.69. The van der Waals surface area contributed by atoms with Gasteiger partial charge in [0.25, 0.3) is 0 Å². The Kier molecular flexibility index (Phi) is 7.81. The van der Waals surface area contributed by atoms with E-state index in [9.17, 15) is 0 Å². The van der Waals surface area contributed by atoms with Gasteiger partial charge in [-0.25, -0.2) is 0 Å². The van der Waals surface area contributed by atoms with Crippen molar-refractivity contribution in [2.24, 2.45) is 5.92 Å². The molecule has 1 rings (SSSR count). The molecule has 0 spiro atoms. The number of likely N-dealkylation sites (tertiary alicyclic amines) is 1. The van der Waals surface area contributed by atoms with Gasteiger partial charge in [-0.1, -0.05) is 13.8 Å². The molecule has 0 aromatic rings. The summed E-state index contributed by atoms with van der Waals surface area (Å²) in [6.07, 6.45) is 3.92. The van der Waals surface area contributed by atoms with Crippen LogP contribution < -0.4 is 5.32 Å². The van der Waals surface area contributed by atoms with Crippen molar-refractivity contribution in [3.05, 3.63) is 0 Å². The van der Waals surface area contributed by atoms with E-state index in [1.807, 2.05) is 0 Å². The molecule has 1 saturated heterocycles. The molecular formula is C13H28N2O. The maximum atomic E-state index is 5.69. The van der Waals surface area contributed by atoms with Gasteiger partial charge < -0.3 is 15.0 Å². The third-order valence-corrected chi connectivity index (χ3v) is 3.27. The standard InChI is InChI=1S/C13H28N2O/c1-3-8-15-9-5-13(6-10-15)12-16-11-7-14-4-2/h13-14H,3-12H2,1-2H3. The molecule has 1 heterocycles. The van der Waals surface area contributed by atoms with Crippen LogP contribution in [0.5, 0.6) is 0 Å². The number of likely N-dealkylation sites (N-methyl/N-ethyl adjacent to an activating group) is 1. The average Bonchev–Trinajstić information content (AvgIpc) is 2.31. The lowest BCUT2D eigenvalue weighted by molar-refractivity contribution is 0.0686. The van der Waals surface area contributed by atoms with Crippen molar-refractivity contribution in [1.82, 2.24) is 10.2 Å². The Bertz CT molecular complexity index is 156. The molecule has 0 aromatic carbocycles. The molecule has 3 nitrogen and oxygen atoms in total. The molecule has 0 atom stereocenters. The highest BCUT2D eigenvalue weighted by molar-refractivity contribution is 4.71. The van der Waals surface area contributed by atoms with Crippen molar-refractivity contribution in [2.75, 3.05) is 45.9 Å². The van der Waals surface area contributed by atoms with Gasteiger partial charge in [0, 0.05) is 13.2 Å². The summed E-state index contributed by atoms with van der Waals surface area (Å²) in [7, 11) is 0. The topological polar surface area (TPSA) is 24.5 Å². The fourth-order valence-electron chi connectivity index (χ4n) is 2.26. The lowest BCUT2D eigenvalue weighted by Gasteiger charge is -2.31. The summed E-state index contributed by atoms with van der Waals surface area (Å²) in [6, 6.07) is 0. The van der Waals surface area contributed by atoms with Crippen LogP contribution in [0.1, 0.15) is 33.1 Å². The third-order valence-electron chi connectivity index (χ3n) is 3.27. The van der Waals surface area contributed by atoms with E-state index in [1.165, 1.54) is 38.9 Å². The molecule has 0 aliphatic carbocycles. The second kappa shape index (κ2) is 8.97. The van der Waals surface area contributed by atoms with Crippen molar-refractivity contribution >= 4 is 0 Å². The first-order valence-electron chi connectivity index (χ1n) is 6.87. The summed E-state index contributed by atoms with van der Waals surface area (Å²) in [5.41, 5.74) is 0. The van der Waals surface area contributed by atoms with Crippen LogP contribution in [0.2, 0.25) is 0 Å². The minimum atomic E-state index is 0.801. The molecular weight excluding hydrogens is 200 g/mol. The number of piperidine rings is 1. The molecule has 1 N–H and O–H groups in total. The van der Waals surface area contributed by atoms with Crippen LogP contribution in [0.15, 0.2) is 0 Å². The number of ether oxygens (including phenoxy) is 1. The fourth-order valence-corrected chi connectivity index (χ4v) is 2.26. The van der Waals surface area contributed by atoms with Crippen molar-refractivity contribution < 1.29 is 4.74 Å². The molecule has 1 fully saturated rings. The Morgan fingerprint density at radius 3 is 2.62 bits per heavy atom. The van der Waals surface area contributed by atoms with E-state index in [2.05, 4.69) is 24.1 Å². The summed E-state index contributed by atoms with van der Waals surface area (Å²) in [5.74, 6) is 0.801. The number of hydrogen-bond acceptors (Lipinski definition) is 3. The second-order valence-electron chi connectivity index (χ2n) is 4.71. The lowest BCUT2D eigenvalue weighted by atomic mass is 9.98. The van der Waals surface area contributed by atoms with Crippen molar-refractivity contribution in [3.8, 4) is 0 Å². The van der Waals surface area contributed by atoms with Crippen molar-refractivity contribution in [3.63, 3.8) is 0 Å². The van der Waals surface area contributed by atoms with Gasteiger partial charge in [0.1, 0.15) is 0 Å². The highest BCUT2D eigenvalue weighted by Crippen LogP contribution is 2.17. The van der Waals surface area contributed by atoms with E-state index in [4.69, 9.17) is 4.74 Å². The summed E-state index contributed by atoms with van der Waals surface area (Å²) >= 11 is 0. The molecule has 1 aliphatic rings. The SMILES string of the molecule is CCCN1CCC(COCCNCC)CC1. The van der Waals surface area contributed by atoms with Gasteiger partial charge >= 0.3 is 0 Å². The normalized spacial score (nSPS) is 19.1. The van der Waals surface area contributed by atoms with Gasteiger partial charge in [-0.2, -0.15) is 0 Å². The first-order valence-corrected chi connectivity index (χ1v) is 6.87. The first-order chi connectivity index (χ1) is 7.86. The van der Waals surface area contributed by atoms with Crippen molar-refractivity contribution in [2.45, 2.75) is 33.1 Å². The van der Waals surface area contributed by atoms with Crippen LogP contribution in [0.3, 0.4) is 0 Å². The van der Waals surface area contributed by atoms with Crippen LogP contribution in [0, 0.1) is 5.92 Å². The van der Waals surface area contributed by atoms with Crippen LogP contribution >= 0.6 is 0 Å². The highest BCUT2D eigenvalue weighted by Gasteiger charge is 2.18. The Hall–Kier alpha value is -0.120. The number of nitrogens with one attached hydrogen (secondary N) is 1. The molecule has 1 aliphatic heterocycles. The second-order valence-corrected chi connectivity index (χ2v) is 4.71. The van der Waals surface area contributed by atoms with Gasteiger partial charge in [-0.15, -0.1) is 0 Å². The van der Waals surface area contributed by atoms with E-state index in [1.54, 1.807) is 0 Å². The number of hydrogen-bond donors (Lipinski definition) is 1. The summed E-state index contributed by atoms with van der Waals surface area (Å²) < 4.78 is 5.69. The largest absolute Gasteiger partial charge is 0.380 e. The Morgan fingerprint density at radius 2 is 2.00 bits per heavy atom. The van der Waals surface area contributed by atoms with Crippen LogP contribution in [0.4, 0.5) is 0 Å². The molecule has 0 amide bonds. The molecule has 96 valence electrons. The first kappa shape index (κ1) is 13.9. The molecule has 0 radical (unpaired) electrons. The monoisotopic (exact) mass is 228 g/mol. The van der Waals surface area contributed by atoms with Gasteiger partial charge in [0.05, 0.1) is 6.61 Å². The van der Waals surface area contributed by atoms with Crippen LogP contribution in [0.25, 0.3) is 0 Å². The zero-order valence-corrected chi connectivity index (χ0v) is 11.0. The molecule has 0 bridgehead atoms. The zero-order valence-electron chi connectivity index (χ0n) is 11.0. The van der Waals surface area contributed by atoms with Gasteiger partial charge in [-0.05, 0) is 51.4 Å². The zero-order chi connectivity index (χ0) is 11.6. The van der Waals surface area contributed by atoms with Gasteiger partial charge in [-0.3, -0.25) is 0 Å². The maximum Gasteiger partial charge on any atom is 0.0591 e. The van der Waals surface area contributed by atoms with E-state index >= 15 is 0 Å². The van der Waals surface area contributed by atoms with Gasteiger partial charge in [0.15, 0.2) is 0 Å². The predicted molar refractivity (Wildman–Crippen MR) is 68.8 cm³/mol. The smallest absolute Gasteiger partial charge is 0.0591 e. The van der Waals surface area contributed by atoms with Crippen LogP contribution in [-0.4, -0.2) is 50.8 Å². The molecule has 0 aromatic heterocycles. The number of nitrogens with zero attached hydrogens (tertiary/aromatic N) is 1. The molecule has 3 heteroatoms. The van der Waals surface area contributed by atoms with Crippen molar-refractivity contribution in [1.29, 1.82) is 0 Å². The van der Waals surface area contributed by atoms with E-state index in [0.29, 0.717) is 0 Å².